The molecule has 160 valence electrons. The second-order valence-corrected chi connectivity index (χ2v) is 7.85. The maximum Gasteiger partial charge on any atom is 0.408 e. The Kier molecular flexibility index (Phi) is 8.01. The minimum Gasteiger partial charge on any atom is -0.482 e. The van der Waals surface area contributed by atoms with Crippen LogP contribution < -0.4 is 10.1 Å². The van der Waals surface area contributed by atoms with Crippen LogP contribution in [0.5, 0.6) is 5.75 Å². The largest absolute Gasteiger partial charge is 0.482 e. The Hall–Kier alpha value is -2.61. The average Bonchev–Trinajstić information content (AvgIpc) is 2.65. The summed E-state index contributed by atoms with van der Waals surface area (Å²) in [6.45, 7) is 7.81. The lowest BCUT2D eigenvalue weighted by atomic mass is 10.1. The summed E-state index contributed by atoms with van der Waals surface area (Å²) in [7, 11) is 0. The van der Waals surface area contributed by atoms with Gasteiger partial charge in [-0.3, -0.25) is 4.79 Å². The maximum absolute atomic E-state index is 12.4. The van der Waals surface area contributed by atoms with Crippen LogP contribution in [0.2, 0.25) is 0 Å². The summed E-state index contributed by atoms with van der Waals surface area (Å²) in [5, 5.41) is 2.52. The molecule has 1 saturated heterocycles. The van der Waals surface area contributed by atoms with E-state index in [-0.39, 0.29) is 18.5 Å². The minimum atomic E-state index is -0.744. The number of ether oxygens (including phenoxy) is 4. The fourth-order valence-corrected chi connectivity index (χ4v) is 2.67. The van der Waals surface area contributed by atoms with Crippen molar-refractivity contribution in [1.82, 2.24) is 5.32 Å². The molecule has 0 saturated carbocycles. The first-order valence-electron chi connectivity index (χ1n) is 9.68. The smallest absolute Gasteiger partial charge is 0.408 e. The Morgan fingerprint density at radius 2 is 1.76 bits per heavy atom. The fourth-order valence-electron chi connectivity index (χ4n) is 2.67. The van der Waals surface area contributed by atoms with Crippen molar-refractivity contribution in [3.63, 3.8) is 0 Å². The van der Waals surface area contributed by atoms with Gasteiger partial charge in [-0.05, 0) is 52.0 Å². The van der Waals surface area contributed by atoms with E-state index in [2.05, 4.69) is 5.32 Å². The van der Waals surface area contributed by atoms with Crippen LogP contribution >= 0.6 is 0 Å². The van der Waals surface area contributed by atoms with E-state index in [1.54, 1.807) is 52.0 Å². The molecule has 8 nitrogen and oxygen atoms in total. The molecule has 2 rings (SSSR count). The van der Waals surface area contributed by atoms with Crippen LogP contribution in [-0.2, 0) is 19.0 Å². The van der Waals surface area contributed by atoms with Crippen molar-refractivity contribution in [3.05, 3.63) is 29.8 Å². The number of esters is 1. The third-order valence-corrected chi connectivity index (χ3v) is 4.09. The Morgan fingerprint density at radius 1 is 1.14 bits per heavy atom. The van der Waals surface area contributed by atoms with Gasteiger partial charge in [0.2, 0.25) is 0 Å². The molecule has 1 fully saturated rings. The molecule has 1 aromatic carbocycles. The Labute approximate surface area is 170 Å². The Balaban J connectivity index is 1.80. The van der Waals surface area contributed by atoms with Crippen molar-refractivity contribution in [2.45, 2.75) is 58.3 Å². The summed E-state index contributed by atoms with van der Waals surface area (Å²) < 4.78 is 21.1. The van der Waals surface area contributed by atoms with Gasteiger partial charge in [0.1, 0.15) is 17.5 Å². The highest BCUT2D eigenvalue weighted by molar-refractivity contribution is 6.01. The number of amides is 1. The van der Waals surface area contributed by atoms with Crippen LogP contribution in [0.25, 0.3) is 0 Å². The van der Waals surface area contributed by atoms with E-state index in [0.29, 0.717) is 37.4 Å². The van der Waals surface area contributed by atoms with Crippen molar-refractivity contribution < 1.29 is 33.3 Å². The van der Waals surface area contributed by atoms with Gasteiger partial charge in [-0.15, -0.1) is 0 Å². The summed E-state index contributed by atoms with van der Waals surface area (Å²) >= 11 is 0. The standard InChI is InChI=1S/C21H29NO7/c1-14(22-20(25)29-21(2,3)4)19(24)15-5-7-16(8-6-15)27-13-18(23)28-17-9-11-26-12-10-17/h5-8,14,17H,9-13H2,1-4H3,(H,22,25). The second-order valence-electron chi connectivity index (χ2n) is 7.85. The summed E-state index contributed by atoms with van der Waals surface area (Å²) in [5.74, 6) is -0.258. The Bertz CT molecular complexity index is 703. The zero-order valence-electron chi connectivity index (χ0n) is 17.4. The quantitative estimate of drug-likeness (QED) is 0.548. The second kappa shape index (κ2) is 10.2. The first kappa shape index (κ1) is 22.7. The van der Waals surface area contributed by atoms with Gasteiger partial charge in [0.15, 0.2) is 12.4 Å². The van der Waals surface area contributed by atoms with Crippen molar-refractivity contribution in [1.29, 1.82) is 0 Å². The zero-order valence-corrected chi connectivity index (χ0v) is 17.4. The lowest BCUT2D eigenvalue weighted by Crippen LogP contribution is -2.41. The van der Waals surface area contributed by atoms with E-state index in [1.165, 1.54) is 0 Å². The van der Waals surface area contributed by atoms with E-state index in [4.69, 9.17) is 18.9 Å². The number of rotatable bonds is 7. The zero-order chi connectivity index (χ0) is 21.4. The van der Waals surface area contributed by atoms with Crippen LogP contribution in [0, 0.1) is 0 Å². The normalized spacial score (nSPS) is 15.9. The van der Waals surface area contributed by atoms with E-state index in [9.17, 15) is 14.4 Å². The van der Waals surface area contributed by atoms with Gasteiger partial charge in [-0.1, -0.05) is 0 Å². The number of nitrogens with one attached hydrogen (secondary N) is 1. The topological polar surface area (TPSA) is 100 Å². The number of benzene rings is 1. The molecule has 1 heterocycles. The lowest BCUT2D eigenvalue weighted by Gasteiger charge is -2.22. The molecule has 1 atom stereocenters. The van der Waals surface area contributed by atoms with Gasteiger partial charge in [0.25, 0.3) is 0 Å². The molecule has 0 aromatic heterocycles. The average molecular weight is 407 g/mol. The predicted octanol–water partition coefficient (Wildman–Crippen LogP) is 2.88. The summed E-state index contributed by atoms with van der Waals surface area (Å²) in [4.78, 5) is 36.1. The van der Waals surface area contributed by atoms with Crippen molar-refractivity contribution in [2.24, 2.45) is 0 Å². The Morgan fingerprint density at radius 3 is 2.34 bits per heavy atom. The van der Waals surface area contributed by atoms with Crippen molar-refractivity contribution in [2.75, 3.05) is 19.8 Å². The molecule has 0 bridgehead atoms. The highest BCUT2D eigenvalue weighted by atomic mass is 16.6. The monoisotopic (exact) mass is 407 g/mol. The van der Waals surface area contributed by atoms with E-state index in [1.807, 2.05) is 0 Å². The van der Waals surface area contributed by atoms with E-state index in [0.717, 1.165) is 0 Å². The van der Waals surface area contributed by atoms with Crippen LogP contribution in [0.15, 0.2) is 24.3 Å². The lowest BCUT2D eigenvalue weighted by molar-refractivity contribution is -0.155. The van der Waals surface area contributed by atoms with E-state index < -0.39 is 23.7 Å². The predicted molar refractivity (Wildman–Crippen MR) is 105 cm³/mol. The number of alkyl carbamates (subject to hydrolysis) is 1. The third kappa shape index (κ3) is 8.11. The first-order valence-corrected chi connectivity index (χ1v) is 9.68. The summed E-state index contributed by atoms with van der Waals surface area (Å²) in [6.07, 6.45) is 0.607. The molecule has 1 unspecified atom stereocenters. The van der Waals surface area contributed by atoms with Crippen LogP contribution in [0.4, 0.5) is 4.79 Å². The molecule has 29 heavy (non-hydrogen) atoms. The van der Waals surface area contributed by atoms with Gasteiger partial charge < -0.3 is 24.3 Å². The number of hydrogen-bond donors (Lipinski definition) is 1. The minimum absolute atomic E-state index is 0.126. The van der Waals surface area contributed by atoms with Crippen molar-refractivity contribution in [3.8, 4) is 5.75 Å². The molecule has 1 aromatic rings. The molecule has 0 spiro atoms. The molecule has 1 aliphatic heterocycles. The number of Topliss-reactive ketones (excluding diaryl/α,β-unsaturated/α-hetero) is 1. The molecule has 0 aliphatic carbocycles. The number of ketones is 1. The number of hydrogen-bond acceptors (Lipinski definition) is 7. The van der Waals surface area contributed by atoms with Gasteiger partial charge >= 0.3 is 12.1 Å². The highest BCUT2D eigenvalue weighted by Gasteiger charge is 2.22. The molecule has 0 radical (unpaired) electrons. The van der Waals surface area contributed by atoms with Crippen LogP contribution in [0.3, 0.4) is 0 Å². The first-order chi connectivity index (χ1) is 13.6. The van der Waals surface area contributed by atoms with Crippen LogP contribution in [-0.4, -0.2) is 55.4 Å². The molecule has 1 amide bonds. The van der Waals surface area contributed by atoms with Gasteiger partial charge in [-0.2, -0.15) is 0 Å². The third-order valence-electron chi connectivity index (χ3n) is 4.09. The molecular weight excluding hydrogens is 378 g/mol. The van der Waals surface area contributed by atoms with Gasteiger partial charge in [0.05, 0.1) is 19.3 Å². The number of carbonyl (C=O) groups excluding carboxylic acids is 3. The molecular formula is C21H29NO7. The van der Waals surface area contributed by atoms with Crippen LogP contribution in [0.1, 0.15) is 50.9 Å². The molecule has 1 aliphatic rings. The van der Waals surface area contributed by atoms with Gasteiger partial charge in [-0.25, -0.2) is 9.59 Å². The molecule has 1 N–H and O–H groups in total. The van der Waals surface area contributed by atoms with Gasteiger partial charge in [0, 0.05) is 18.4 Å². The molecule has 8 heteroatoms. The maximum atomic E-state index is 12.4. The highest BCUT2D eigenvalue weighted by Crippen LogP contribution is 2.15. The fraction of sp³-hybridized carbons (Fsp3) is 0.571. The SMILES string of the molecule is CC(NC(=O)OC(C)(C)C)C(=O)c1ccc(OCC(=O)OC2CCOCC2)cc1. The summed E-state index contributed by atoms with van der Waals surface area (Å²) in [6, 6.07) is 5.60. The number of carbonyl (C=O) groups is 3. The summed E-state index contributed by atoms with van der Waals surface area (Å²) in [5.41, 5.74) is -0.233. The van der Waals surface area contributed by atoms with Crippen molar-refractivity contribution >= 4 is 17.8 Å². The van der Waals surface area contributed by atoms with E-state index >= 15 is 0 Å².